The summed E-state index contributed by atoms with van der Waals surface area (Å²) in [7, 11) is 1.68. The Balaban J connectivity index is 1.95. The molecule has 2 amide bonds. The number of hydrogen-bond donors (Lipinski definition) is 1. The number of anilines is 1. The second-order valence-electron chi connectivity index (χ2n) is 4.23. The molecule has 2 rings (SSSR count). The van der Waals surface area contributed by atoms with E-state index in [-0.39, 0.29) is 11.8 Å². The van der Waals surface area contributed by atoms with Crippen LogP contribution in [0.25, 0.3) is 6.08 Å². The molecule has 0 aliphatic carbocycles. The molecule has 1 N–H and O–H groups in total. The highest BCUT2D eigenvalue weighted by atomic mass is 19.1. The molecule has 0 unspecified atom stereocenters. The molecule has 2 aromatic carbocycles. The molecular formula is C16H15FN2O. The highest BCUT2D eigenvalue weighted by molar-refractivity contribution is 5.92. The van der Waals surface area contributed by atoms with Gasteiger partial charge in [-0.1, -0.05) is 30.3 Å². The third-order valence-corrected chi connectivity index (χ3v) is 2.78. The van der Waals surface area contributed by atoms with Gasteiger partial charge in [-0.3, -0.25) is 4.90 Å². The van der Waals surface area contributed by atoms with Crippen LogP contribution < -0.4 is 10.2 Å². The SMILES string of the molecule is CN(C(=O)N/C=C/c1cccc(F)c1)c1ccccc1. The number of carbonyl (C=O) groups excluding carboxylic acids is 1. The predicted octanol–water partition coefficient (Wildman–Crippen LogP) is 3.64. The van der Waals surface area contributed by atoms with Gasteiger partial charge in [-0.2, -0.15) is 0 Å². The quantitative estimate of drug-likeness (QED) is 0.907. The van der Waals surface area contributed by atoms with Crippen LogP contribution in [0.2, 0.25) is 0 Å². The number of benzene rings is 2. The van der Waals surface area contributed by atoms with Gasteiger partial charge in [0.15, 0.2) is 0 Å². The number of amides is 2. The number of para-hydroxylation sites is 1. The van der Waals surface area contributed by atoms with Crippen molar-refractivity contribution in [2.24, 2.45) is 0 Å². The predicted molar refractivity (Wildman–Crippen MR) is 78.8 cm³/mol. The Morgan fingerprint density at radius 3 is 2.60 bits per heavy atom. The van der Waals surface area contributed by atoms with Crippen LogP contribution in [0, 0.1) is 5.82 Å². The fourth-order valence-corrected chi connectivity index (χ4v) is 1.69. The molecule has 2 aromatic rings. The molecular weight excluding hydrogens is 255 g/mol. The molecule has 102 valence electrons. The monoisotopic (exact) mass is 270 g/mol. The van der Waals surface area contributed by atoms with Crippen molar-refractivity contribution in [3.8, 4) is 0 Å². The van der Waals surface area contributed by atoms with Crippen LogP contribution in [0.15, 0.2) is 60.8 Å². The van der Waals surface area contributed by atoms with Crippen LogP contribution in [0.3, 0.4) is 0 Å². The van der Waals surface area contributed by atoms with Crippen LogP contribution in [-0.4, -0.2) is 13.1 Å². The Morgan fingerprint density at radius 2 is 1.90 bits per heavy atom. The normalized spacial score (nSPS) is 10.5. The van der Waals surface area contributed by atoms with Crippen LogP contribution in [0.4, 0.5) is 14.9 Å². The Hall–Kier alpha value is -2.62. The van der Waals surface area contributed by atoms with Crippen LogP contribution >= 0.6 is 0 Å². The summed E-state index contributed by atoms with van der Waals surface area (Å²) in [5, 5.41) is 2.63. The molecule has 0 atom stereocenters. The van der Waals surface area contributed by atoms with E-state index in [4.69, 9.17) is 0 Å². The molecule has 0 aliphatic rings. The van der Waals surface area contributed by atoms with Crippen LogP contribution in [-0.2, 0) is 0 Å². The summed E-state index contributed by atoms with van der Waals surface area (Å²) in [6.45, 7) is 0. The van der Waals surface area contributed by atoms with Gasteiger partial charge >= 0.3 is 6.03 Å². The highest BCUT2D eigenvalue weighted by Crippen LogP contribution is 2.10. The summed E-state index contributed by atoms with van der Waals surface area (Å²) >= 11 is 0. The maximum absolute atomic E-state index is 13.0. The molecule has 0 heterocycles. The lowest BCUT2D eigenvalue weighted by Crippen LogP contribution is -2.34. The first kappa shape index (κ1) is 13.8. The lowest BCUT2D eigenvalue weighted by Gasteiger charge is -2.16. The topological polar surface area (TPSA) is 32.3 Å². The number of nitrogens with zero attached hydrogens (tertiary/aromatic N) is 1. The standard InChI is InChI=1S/C16H15FN2O/c1-19(15-8-3-2-4-9-15)16(20)18-11-10-13-6-5-7-14(17)12-13/h2-12H,1H3,(H,18,20)/b11-10+. The molecule has 20 heavy (non-hydrogen) atoms. The van der Waals surface area contributed by atoms with E-state index in [1.807, 2.05) is 30.3 Å². The van der Waals surface area contributed by atoms with Gasteiger partial charge in [0.2, 0.25) is 0 Å². The number of halogens is 1. The minimum absolute atomic E-state index is 0.260. The van der Waals surface area contributed by atoms with Crippen LogP contribution in [0.1, 0.15) is 5.56 Å². The number of carbonyl (C=O) groups is 1. The van der Waals surface area contributed by atoms with Gasteiger partial charge in [-0.25, -0.2) is 9.18 Å². The first-order valence-electron chi connectivity index (χ1n) is 6.18. The Bertz CT molecular complexity index is 611. The third-order valence-electron chi connectivity index (χ3n) is 2.78. The first-order chi connectivity index (χ1) is 9.66. The molecule has 0 aliphatic heterocycles. The molecule has 4 heteroatoms. The smallest absolute Gasteiger partial charge is 0.314 e. The van der Waals surface area contributed by atoms with E-state index in [1.54, 1.807) is 25.3 Å². The van der Waals surface area contributed by atoms with Crippen molar-refractivity contribution in [2.75, 3.05) is 11.9 Å². The largest absolute Gasteiger partial charge is 0.325 e. The van der Waals surface area contributed by atoms with Crippen molar-refractivity contribution in [3.63, 3.8) is 0 Å². The van der Waals surface area contributed by atoms with E-state index in [2.05, 4.69) is 5.32 Å². The number of urea groups is 1. The second-order valence-corrected chi connectivity index (χ2v) is 4.23. The van der Waals surface area contributed by atoms with Crippen molar-refractivity contribution in [1.82, 2.24) is 5.32 Å². The molecule has 0 saturated carbocycles. The minimum atomic E-state index is -0.306. The van der Waals surface area contributed by atoms with Gasteiger partial charge in [0, 0.05) is 18.9 Å². The molecule has 0 spiro atoms. The zero-order valence-corrected chi connectivity index (χ0v) is 11.1. The zero-order chi connectivity index (χ0) is 14.4. The minimum Gasteiger partial charge on any atom is -0.314 e. The van der Waals surface area contributed by atoms with Crippen molar-refractivity contribution < 1.29 is 9.18 Å². The molecule has 0 radical (unpaired) electrons. The maximum atomic E-state index is 13.0. The zero-order valence-electron chi connectivity index (χ0n) is 11.1. The van der Waals surface area contributed by atoms with Gasteiger partial charge in [-0.05, 0) is 35.9 Å². The molecule has 3 nitrogen and oxygen atoms in total. The number of rotatable bonds is 3. The average Bonchev–Trinajstić information content (AvgIpc) is 2.47. The van der Waals surface area contributed by atoms with Crippen molar-refractivity contribution in [1.29, 1.82) is 0 Å². The second kappa shape index (κ2) is 6.52. The van der Waals surface area contributed by atoms with E-state index in [9.17, 15) is 9.18 Å². The van der Waals surface area contributed by atoms with Gasteiger partial charge in [0.05, 0.1) is 0 Å². The molecule has 0 saturated heterocycles. The average molecular weight is 270 g/mol. The Labute approximate surface area is 117 Å². The van der Waals surface area contributed by atoms with Crippen molar-refractivity contribution in [2.45, 2.75) is 0 Å². The van der Waals surface area contributed by atoms with Gasteiger partial charge in [0.25, 0.3) is 0 Å². The fourth-order valence-electron chi connectivity index (χ4n) is 1.69. The fraction of sp³-hybridized carbons (Fsp3) is 0.0625. The third kappa shape index (κ3) is 3.68. The number of nitrogens with one attached hydrogen (secondary N) is 1. The van der Waals surface area contributed by atoms with Crippen molar-refractivity contribution in [3.05, 3.63) is 72.2 Å². The summed E-state index contributed by atoms with van der Waals surface area (Å²) in [5.41, 5.74) is 1.48. The van der Waals surface area contributed by atoms with Crippen molar-refractivity contribution >= 4 is 17.8 Å². The lowest BCUT2D eigenvalue weighted by molar-refractivity contribution is 0.250. The number of hydrogen-bond acceptors (Lipinski definition) is 1. The van der Waals surface area contributed by atoms with Gasteiger partial charge in [-0.15, -0.1) is 0 Å². The first-order valence-corrected chi connectivity index (χ1v) is 6.18. The molecule has 0 fully saturated rings. The van der Waals surface area contributed by atoms with Gasteiger partial charge < -0.3 is 5.32 Å². The van der Waals surface area contributed by atoms with E-state index in [0.717, 1.165) is 5.69 Å². The Morgan fingerprint density at radius 1 is 1.15 bits per heavy atom. The summed E-state index contributed by atoms with van der Waals surface area (Å²) in [6.07, 6.45) is 3.14. The summed E-state index contributed by atoms with van der Waals surface area (Å²) in [5.74, 6) is -0.306. The van der Waals surface area contributed by atoms with Gasteiger partial charge in [0.1, 0.15) is 5.82 Å². The summed E-state index contributed by atoms with van der Waals surface area (Å²) in [6, 6.07) is 15.2. The maximum Gasteiger partial charge on any atom is 0.325 e. The van der Waals surface area contributed by atoms with E-state index in [1.165, 1.54) is 23.2 Å². The summed E-state index contributed by atoms with van der Waals surface area (Å²) < 4.78 is 13.0. The van der Waals surface area contributed by atoms with Crippen LogP contribution in [0.5, 0.6) is 0 Å². The summed E-state index contributed by atoms with van der Waals surface area (Å²) in [4.78, 5) is 13.4. The molecule has 0 aromatic heterocycles. The lowest BCUT2D eigenvalue weighted by atomic mass is 10.2. The van der Waals surface area contributed by atoms with E-state index >= 15 is 0 Å². The highest BCUT2D eigenvalue weighted by Gasteiger charge is 2.07. The van der Waals surface area contributed by atoms with E-state index < -0.39 is 0 Å². The molecule has 0 bridgehead atoms. The van der Waals surface area contributed by atoms with E-state index in [0.29, 0.717) is 5.56 Å². The Kier molecular flexibility index (Phi) is 4.50.